The standard InChI is InChI=1S/C16H29N3O2/c1-5-7-8-20-9-10-21-15-12-18-16(13(3)4)19-14(15)11-17-6-2/h12-13,17H,5-11H2,1-4H3. The third-order valence-corrected chi connectivity index (χ3v) is 3.03. The molecule has 1 heterocycles. The molecule has 0 aromatic carbocycles. The van der Waals surface area contributed by atoms with Crippen LogP contribution in [0.5, 0.6) is 5.75 Å². The van der Waals surface area contributed by atoms with E-state index in [1.807, 2.05) is 0 Å². The van der Waals surface area contributed by atoms with Crippen molar-refractivity contribution >= 4 is 0 Å². The summed E-state index contributed by atoms with van der Waals surface area (Å²) < 4.78 is 11.3. The molecule has 0 spiro atoms. The average Bonchev–Trinajstić information content (AvgIpc) is 2.49. The van der Waals surface area contributed by atoms with Crippen molar-refractivity contribution in [1.29, 1.82) is 0 Å². The Kier molecular flexibility index (Phi) is 8.94. The van der Waals surface area contributed by atoms with Gasteiger partial charge in [-0.1, -0.05) is 34.1 Å². The molecule has 0 saturated heterocycles. The predicted molar refractivity (Wildman–Crippen MR) is 84.7 cm³/mol. The second kappa shape index (κ2) is 10.5. The van der Waals surface area contributed by atoms with Crippen LogP contribution in [-0.4, -0.2) is 36.3 Å². The van der Waals surface area contributed by atoms with Crippen molar-refractivity contribution in [3.8, 4) is 5.75 Å². The second-order valence-electron chi connectivity index (χ2n) is 5.29. The summed E-state index contributed by atoms with van der Waals surface area (Å²) >= 11 is 0. The van der Waals surface area contributed by atoms with E-state index in [0.717, 1.165) is 43.3 Å². The lowest BCUT2D eigenvalue weighted by molar-refractivity contribution is 0.0973. The lowest BCUT2D eigenvalue weighted by atomic mass is 10.2. The Morgan fingerprint density at radius 1 is 1.19 bits per heavy atom. The summed E-state index contributed by atoms with van der Waals surface area (Å²) in [5.41, 5.74) is 0.920. The van der Waals surface area contributed by atoms with Crippen LogP contribution in [-0.2, 0) is 11.3 Å². The Morgan fingerprint density at radius 3 is 2.67 bits per heavy atom. The van der Waals surface area contributed by atoms with Crippen LogP contribution in [0.4, 0.5) is 0 Å². The quantitative estimate of drug-likeness (QED) is 0.636. The van der Waals surface area contributed by atoms with Crippen molar-refractivity contribution in [2.75, 3.05) is 26.4 Å². The molecule has 0 amide bonds. The van der Waals surface area contributed by atoms with Crippen LogP contribution in [0.25, 0.3) is 0 Å². The van der Waals surface area contributed by atoms with Gasteiger partial charge in [-0.15, -0.1) is 0 Å². The minimum absolute atomic E-state index is 0.316. The summed E-state index contributed by atoms with van der Waals surface area (Å²) in [7, 11) is 0. The van der Waals surface area contributed by atoms with E-state index in [4.69, 9.17) is 9.47 Å². The summed E-state index contributed by atoms with van der Waals surface area (Å²) in [6, 6.07) is 0. The average molecular weight is 295 g/mol. The van der Waals surface area contributed by atoms with Gasteiger partial charge in [0, 0.05) is 19.1 Å². The van der Waals surface area contributed by atoms with E-state index in [2.05, 4.69) is 43.0 Å². The summed E-state index contributed by atoms with van der Waals surface area (Å²) in [4.78, 5) is 8.97. The van der Waals surface area contributed by atoms with Gasteiger partial charge in [0.2, 0.25) is 0 Å². The largest absolute Gasteiger partial charge is 0.488 e. The van der Waals surface area contributed by atoms with Gasteiger partial charge in [-0.2, -0.15) is 0 Å². The zero-order valence-electron chi connectivity index (χ0n) is 13.8. The number of hydrogen-bond acceptors (Lipinski definition) is 5. The van der Waals surface area contributed by atoms with Crippen LogP contribution in [0, 0.1) is 0 Å². The molecule has 5 heteroatoms. The van der Waals surface area contributed by atoms with Gasteiger partial charge in [-0.25, -0.2) is 9.97 Å². The van der Waals surface area contributed by atoms with Crippen LogP contribution in [0.15, 0.2) is 6.20 Å². The minimum atomic E-state index is 0.316. The first-order valence-electron chi connectivity index (χ1n) is 7.96. The van der Waals surface area contributed by atoms with E-state index in [1.54, 1.807) is 6.20 Å². The minimum Gasteiger partial charge on any atom is -0.488 e. The molecule has 120 valence electrons. The molecule has 1 rings (SSSR count). The molecule has 1 aromatic heterocycles. The molecule has 0 aliphatic carbocycles. The first-order chi connectivity index (χ1) is 10.2. The predicted octanol–water partition coefficient (Wildman–Crippen LogP) is 2.91. The number of rotatable bonds is 11. The van der Waals surface area contributed by atoms with Crippen molar-refractivity contribution in [1.82, 2.24) is 15.3 Å². The van der Waals surface area contributed by atoms with Crippen molar-refractivity contribution < 1.29 is 9.47 Å². The molecule has 0 atom stereocenters. The molecular weight excluding hydrogens is 266 g/mol. The highest BCUT2D eigenvalue weighted by Gasteiger charge is 2.10. The molecule has 21 heavy (non-hydrogen) atoms. The van der Waals surface area contributed by atoms with Crippen LogP contribution >= 0.6 is 0 Å². The Labute approximate surface area is 128 Å². The van der Waals surface area contributed by atoms with Crippen LogP contribution in [0.2, 0.25) is 0 Å². The number of hydrogen-bond donors (Lipinski definition) is 1. The van der Waals surface area contributed by atoms with Crippen molar-refractivity contribution in [3.63, 3.8) is 0 Å². The summed E-state index contributed by atoms with van der Waals surface area (Å²) in [5.74, 6) is 1.92. The van der Waals surface area contributed by atoms with Crippen LogP contribution in [0.3, 0.4) is 0 Å². The molecule has 0 fully saturated rings. The van der Waals surface area contributed by atoms with E-state index >= 15 is 0 Å². The lowest BCUT2D eigenvalue weighted by Gasteiger charge is -2.13. The number of unbranched alkanes of at least 4 members (excludes halogenated alkanes) is 1. The van der Waals surface area contributed by atoms with Crippen molar-refractivity contribution in [2.24, 2.45) is 0 Å². The first-order valence-corrected chi connectivity index (χ1v) is 7.96. The normalized spacial score (nSPS) is 11.1. The van der Waals surface area contributed by atoms with E-state index in [-0.39, 0.29) is 0 Å². The van der Waals surface area contributed by atoms with E-state index in [9.17, 15) is 0 Å². The van der Waals surface area contributed by atoms with Gasteiger partial charge < -0.3 is 14.8 Å². The number of nitrogens with one attached hydrogen (secondary N) is 1. The van der Waals surface area contributed by atoms with Gasteiger partial charge in [0.1, 0.15) is 12.4 Å². The van der Waals surface area contributed by atoms with E-state index < -0.39 is 0 Å². The summed E-state index contributed by atoms with van der Waals surface area (Å²) in [6.07, 6.45) is 4.02. The van der Waals surface area contributed by atoms with Gasteiger partial charge in [0.25, 0.3) is 0 Å². The molecule has 1 N–H and O–H groups in total. The first kappa shape index (κ1) is 17.9. The summed E-state index contributed by atoms with van der Waals surface area (Å²) in [6.45, 7) is 12.0. The number of nitrogens with zero attached hydrogens (tertiary/aromatic N) is 2. The zero-order chi connectivity index (χ0) is 15.5. The Morgan fingerprint density at radius 2 is 2.00 bits per heavy atom. The SMILES string of the molecule is CCCCOCCOc1cnc(C(C)C)nc1CNCC. The topological polar surface area (TPSA) is 56.3 Å². The fourth-order valence-electron chi connectivity index (χ4n) is 1.75. The van der Waals surface area contributed by atoms with Crippen LogP contribution in [0.1, 0.15) is 58.0 Å². The fraction of sp³-hybridized carbons (Fsp3) is 0.750. The molecule has 0 aliphatic rings. The number of ether oxygens (including phenoxy) is 2. The Hall–Kier alpha value is -1.20. The van der Waals surface area contributed by atoms with Crippen molar-refractivity contribution in [3.05, 3.63) is 17.7 Å². The molecule has 5 nitrogen and oxygen atoms in total. The van der Waals surface area contributed by atoms with Gasteiger partial charge in [0.05, 0.1) is 18.5 Å². The number of aromatic nitrogens is 2. The molecule has 0 unspecified atom stereocenters. The van der Waals surface area contributed by atoms with Gasteiger partial charge in [-0.05, 0) is 13.0 Å². The maximum absolute atomic E-state index is 5.76. The summed E-state index contributed by atoms with van der Waals surface area (Å²) in [5, 5.41) is 3.29. The highest BCUT2D eigenvalue weighted by Crippen LogP contribution is 2.18. The zero-order valence-corrected chi connectivity index (χ0v) is 13.8. The third-order valence-electron chi connectivity index (χ3n) is 3.03. The second-order valence-corrected chi connectivity index (χ2v) is 5.29. The van der Waals surface area contributed by atoms with Gasteiger partial charge in [-0.3, -0.25) is 0 Å². The molecule has 0 bridgehead atoms. The maximum atomic E-state index is 5.76. The Balaban J connectivity index is 2.54. The molecular formula is C16H29N3O2. The van der Waals surface area contributed by atoms with E-state index in [1.165, 1.54) is 0 Å². The molecule has 1 aromatic rings. The van der Waals surface area contributed by atoms with Gasteiger partial charge >= 0.3 is 0 Å². The smallest absolute Gasteiger partial charge is 0.160 e. The molecule has 0 aliphatic heterocycles. The highest BCUT2D eigenvalue weighted by atomic mass is 16.5. The molecule has 0 saturated carbocycles. The monoisotopic (exact) mass is 295 g/mol. The van der Waals surface area contributed by atoms with Crippen LogP contribution < -0.4 is 10.1 Å². The third kappa shape index (κ3) is 6.87. The lowest BCUT2D eigenvalue weighted by Crippen LogP contribution is -2.17. The van der Waals surface area contributed by atoms with Crippen molar-refractivity contribution in [2.45, 2.75) is 53.0 Å². The van der Waals surface area contributed by atoms with Gasteiger partial charge in [0.15, 0.2) is 5.75 Å². The highest BCUT2D eigenvalue weighted by molar-refractivity contribution is 5.25. The Bertz CT molecular complexity index is 397. The molecule has 0 radical (unpaired) electrons. The fourth-order valence-corrected chi connectivity index (χ4v) is 1.75. The van der Waals surface area contributed by atoms with E-state index in [0.29, 0.717) is 25.7 Å². The maximum Gasteiger partial charge on any atom is 0.160 e.